The lowest BCUT2D eigenvalue weighted by molar-refractivity contribution is -0.140. The third-order valence-corrected chi connectivity index (χ3v) is 3.28. The Hall–Kier alpha value is -2.01. The van der Waals surface area contributed by atoms with E-state index in [0.717, 1.165) is 10.9 Å². The first-order valence-electron chi connectivity index (χ1n) is 6.20. The maximum absolute atomic E-state index is 12.1. The zero-order chi connectivity index (χ0) is 14.9. The Morgan fingerprint density at radius 3 is 2.60 bits per heavy atom. The van der Waals surface area contributed by atoms with Crippen molar-refractivity contribution < 1.29 is 14.7 Å². The van der Waals surface area contributed by atoms with Crippen molar-refractivity contribution in [1.82, 2.24) is 10.3 Å². The fraction of sp³-hybridized carbons (Fsp3) is 0.286. The van der Waals surface area contributed by atoms with Crippen LogP contribution in [0.5, 0.6) is 0 Å². The summed E-state index contributed by atoms with van der Waals surface area (Å²) in [6.07, 6.45) is 0. The summed E-state index contributed by atoms with van der Waals surface area (Å²) >= 11 is 5.88. The molecule has 1 heterocycles. The number of rotatable bonds is 4. The molecule has 0 saturated carbocycles. The van der Waals surface area contributed by atoms with E-state index in [0.29, 0.717) is 10.7 Å². The van der Waals surface area contributed by atoms with Gasteiger partial charge in [-0.15, -0.1) is 0 Å². The van der Waals surface area contributed by atoms with E-state index in [9.17, 15) is 9.59 Å². The molecule has 1 aromatic heterocycles. The number of aromatic nitrogens is 1. The zero-order valence-corrected chi connectivity index (χ0v) is 11.9. The van der Waals surface area contributed by atoms with Crippen LogP contribution in [0.1, 0.15) is 24.3 Å². The number of carboxylic acid groups (broad SMARTS) is 1. The average Bonchev–Trinajstić information content (AvgIpc) is 2.77. The van der Waals surface area contributed by atoms with E-state index < -0.39 is 17.9 Å². The van der Waals surface area contributed by atoms with Crippen molar-refractivity contribution in [3.05, 3.63) is 35.0 Å². The second kappa shape index (κ2) is 5.54. The summed E-state index contributed by atoms with van der Waals surface area (Å²) in [4.78, 5) is 26.1. The van der Waals surface area contributed by atoms with E-state index in [1.807, 2.05) is 0 Å². The minimum atomic E-state index is -1.05. The van der Waals surface area contributed by atoms with Crippen molar-refractivity contribution in [3.8, 4) is 0 Å². The summed E-state index contributed by atoms with van der Waals surface area (Å²) in [6, 6.07) is 5.98. The van der Waals surface area contributed by atoms with Crippen molar-refractivity contribution in [3.63, 3.8) is 0 Å². The molecule has 2 aromatic rings. The van der Waals surface area contributed by atoms with Gasteiger partial charge in [-0.25, -0.2) is 4.79 Å². The first-order chi connectivity index (χ1) is 9.38. The van der Waals surface area contributed by atoms with E-state index in [-0.39, 0.29) is 5.92 Å². The highest BCUT2D eigenvalue weighted by molar-refractivity contribution is 6.31. The fourth-order valence-electron chi connectivity index (χ4n) is 1.95. The summed E-state index contributed by atoms with van der Waals surface area (Å²) in [7, 11) is 0. The van der Waals surface area contributed by atoms with Gasteiger partial charge in [0.2, 0.25) is 0 Å². The Labute approximate surface area is 120 Å². The van der Waals surface area contributed by atoms with Crippen molar-refractivity contribution in [2.24, 2.45) is 5.92 Å². The number of benzene rings is 1. The largest absolute Gasteiger partial charge is 0.480 e. The maximum atomic E-state index is 12.1. The minimum Gasteiger partial charge on any atom is -0.480 e. The number of hydrogen-bond donors (Lipinski definition) is 3. The van der Waals surface area contributed by atoms with Crippen LogP contribution in [0.15, 0.2) is 24.3 Å². The smallest absolute Gasteiger partial charge is 0.326 e. The van der Waals surface area contributed by atoms with Crippen molar-refractivity contribution in [2.75, 3.05) is 0 Å². The molecule has 0 spiro atoms. The summed E-state index contributed by atoms with van der Waals surface area (Å²) in [6.45, 7) is 3.48. The molecule has 0 aliphatic carbocycles. The molecule has 6 heteroatoms. The number of H-pyrrole nitrogens is 1. The minimum absolute atomic E-state index is 0.199. The molecule has 1 amide bonds. The van der Waals surface area contributed by atoms with Crippen molar-refractivity contribution >= 4 is 34.4 Å². The van der Waals surface area contributed by atoms with Gasteiger partial charge in [0, 0.05) is 15.9 Å². The highest BCUT2D eigenvalue weighted by atomic mass is 35.5. The zero-order valence-electron chi connectivity index (χ0n) is 11.1. The molecular weight excluding hydrogens is 280 g/mol. The summed E-state index contributed by atoms with van der Waals surface area (Å²) < 4.78 is 0. The third kappa shape index (κ3) is 2.93. The number of carbonyl (C=O) groups is 2. The van der Waals surface area contributed by atoms with Gasteiger partial charge in [0.15, 0.2) is 0 Å². The molecule has 0 bridgehead atoms. The first-order valence-corrected chi connectivity index (χ1v) is 6.58. The lowest BCUT2D eigenvalue weighted by Gasteiger charge is -2.17. The number of hydrogen-bond acceptors (Lipinski definition) is 2. The second-order valence-electron chi connectivity index (χ2n) is 4.95. The molecular formula is C14H15ClN2O3. The van der Waals surface area contributed by atoms with Crippen LogP contribution in [-0.4, -0.2) is 28.0 Å². The molecule has 0 aliphatic rings. The Kier molecular flexibility index (Phi) is 3.99. The van der Waals surface area contributed by atoms with Crippen LogP contribution >= 0.6 is 11.6 Å². The molecule has 0 radical (unpaired) electrons. The van der Waals surface area contributed by atoms with Gasteiger partial charge in [-0.05, 0) is 24.1 Å². The highest BCUT2D eigenvalue weighted by Crippen LogP contribution is 2.20. The Morgan fingerprint density at radius 2 is 2.00 bits per heavy atom. The summed E-state index contributed by atoms with van der Waals surface area (Å²) in [5, 5.41) is 13.0. The molecule has 3 N–H and O–H groups in total. The van der Waals surface area contributed by atoms with Crippen LogP contribution in [0.25, 0.3) is 10.9 Å². The molecule has 5 nitrogen and oxygen atoms in total. The predicted molar refractivity (Wildman–Crippen MR) is 77.0 cm³/mol. The Morgan fingerprint density at radius 1 is 1.30 bits per heavy atom. The molecule has 1 unspecified atom stereocenters. The average molecular weight is 295 g/mol. The maximum Gasteiger partial charge on any atom is 0.326 e. The van der Waals surface area contributed by atoms with E-state index in [1.54, 1.807) is 38.1 Å². The van der Waals surface area contributed by atoms with Gasteiger partial charge in [-0.3, -0.25) is 4.79 Å². The SMILES string of the molecule is CC(C)C(NC(=O)c1cc2ccc(Cl)cc2[nH]1)C(=O)O. The molecule has 0 fully saturated rings. The molecule has 106 valence electrons. The van der Waals surface area contributed by atoms with Crippen molar-refractivity contribution in [2.45, 2.75) is 19.9 Å². The lowest BCUT2D eigenvalue weighted by Crippen LogP contribution is -2.44. The molecule has 1 aromatic carbocycles. The Bertz CT molecular complexity index is 663. The number of amides is 1. The van der Waals surface area contributed by atoms with Crippen LogP contribution in [0.2, 0.25) is 5.02 Å². The second-order valence-corrected chi connectivity index (χ2v) is 5.38. The van der Waals surface area contributed by atoms with Gasteiger partial charge >= 0.3 is 5.97 Å². The predicted octanol–water partition coefficient (Wildman–Crippen LogP) is 2.66. The van der Waals surface area contributed by atoms with Crippen LogP contribution in [0, 0.1) is 5.92 Å². The van der Waals surface area contributed by atoms with Crippen molar-refractivity contribution in [1.29, 1.82) is 0 Å². The van der Waals surface area contributed by atoms with Crippen LogP contribution in [0.3, 0.4) is 0 Å². The van der Waals surface area contributed by atoms with Gasteiger partial charge in [-0.1, -0.05) is 31.5 Å². The van der Waals surface area contributed by atoms with Gasteiger partial charge < -0.3 is 15.4 Å². The van der Waals surface area contributed by atoms with E-state index in [2.05, 4.69) is 10.3 Å². The first kappa shape index (κ1) is 14.4. The van der Waals surface area contributed by atoms with Gasteiger partial charge in [0.25, 0.3) is 5.91 Å². The molecule has 0 aliphatic heterocycles. The van der Waals surface area contributed by atoms with E-state index in [4.69, 9.17) is 16.7 Å². The third-order valence-electron chi connectivity index (χ3n) is 3.05. The number of aromatic amines is 1. The normalized spacial score (nSPS) is 12.6. The number of carbonyl (C=O) groups excluding carboxylic acids is 1. The van der Waals surface area contributed by atoms with Crippen LogP contribution in [0.4, 0.5) is 0 Å². The highest BCUT2D eigenvalue weighted by Gasteiger charge is 2.24. The number of nitrogens with one attached hydrogen (secondary N) is 2. The standard InChI is InChI=1S/C14H15ClN2O3/c1-7(2)12(14(19)20)17-13(18)11-5-8-3-4-9(15)6-10(8)16-11/h3-7,12,16H,1-2H3,(H,17,18)(H,19,20). The molecule has 0 saturated heterocycles. The summed E-state index contributed by atoms with van der Waals surface area (Å²) in [5.74, 6) is -1.69. The van der Waals surface area contributed by atoms with E-state index in [1.165, 1.54) is 0 Å². The lowest BCUT2D eigenvalue weighted by atomic mass is 10.0. The molecule has 20 heavy (non-hydrogen) atoms. The summed E-state index contributed by atoms with van der Waals surface area (Å²) in [5.41, 5.74) is 1.05. The molecule has 2 rings (SSSR count). The fourth-order valence-corrected chi connectivity index (χ4v) is 2.13. The van der Waals surface area contributed by atoms with Crippen LogP contribution in [-0.2, 0) is 4.79 Å². The van der Waals surface area contributed by atoms with Gasteiger partial charge in [0.05, 0.1) is 0 Å². The van der Waals surface area contributed by atoms with Gasteiger partial charge in [0.1, 0.15) is 11.7 Å². The monoisotopic (exact) mass is 294 g/mol. The van der Waals surface area contributed by atoms with Crippen LogP contribution < -0.4 is 5.32 Å². The topological polar surface area (TPSA) is 82.2 Å². The number of fused-ring (bicyclic) bond motifs is 1. The number of aliphatic carboxylic acids is 1. The number of halogens is 1. The van der Waals surface area contributed by atoms with E-state index >= 15 is 0 Å². The van der Waals surface area contributed by atoms with Gasteiger partial charge in [-0.2, -0.15) is 0 Å². The molecule has 1 atom stereocenters. The number of carboxylic acids is 1. The quantitative estimate of drug-likeness (QED) is 0.811. The Balaban J connectivity index is 2.25.